The monoisotopic (exact) mass is 298 g/mol. The molecule has 0 amide bonds. The number of halogens is 1. The molecule has 0 radical (unpaired) electrons. The zero-order chi connectivity index (χ0) is 13.1. The van der Waals surface area contributed by atoms with E-state index in [-0.39, 0.29) is 0 Å². The number of hydrogen-bond acceptors (Lipinski definition) is 1. The van der Waals surface area contributed by atoms with Crippen LogP contribution in [0.5, 0.6) is 0 Å². The van der Waals surface area contributed by atoms with E-state index in [2.05, 4.69) is 41.9 Å². The van der Waals surface area contributed by atoms with Crippen LogP contribution in [-0.4, -0.2) is 11.6 Å². The smallest absolute Gasteiger partial charge is 0.142 e. The zero-order valence-electron chi connectivity index (χ0n) is 11.1. The maximum atomic E-state index is 10.2. The van der Waals surface area contributed by atoms with Crippen LogP contribution in [0.3, 0.4) is 0 Å². The quantitative estimate of drug-likeness (QED) is 0.267. The molecule has 0 aliphatic rings. The molecule has 0 aliphatic heterocycles. The number of allylic oxidation sites excluding steroid dienone is 6. The minimum absolute atomic E-state index is 0.861. The molecule has 0 aromatic heterocycles. The van der Waals surface area contributed by atoms with Gasteiger partial charge in [0.25, 0.3) is 0 Å². The Bertz CT molecular complexity index is 311. The number of alkyl halides is 1. The second kappa shape index (κ2) is 10.5. The van der Waals surface area contributed by atoms with Gasteiger partial charge in [-0.15, -0.1) is 0 Å². The zero-order valence-corrected chi connectivity index (χ0v) is 12.7. The molecule has 0 saturated carbocycles. The first kappa shape index (κ1) is 16.4. The normalized spacial score (nSPS) is 14.0. The maximum absolute atomic E-state index is 10.2. The van der Waals surface area contributed by atoms with Gasteiger partial charge in [-0.3, -0.25) is 4.79 Å². The van der Waals surface area contributed by atoms with Crippen molar-refractivity contribution in [2.45, 2.75) is 46.5 Å². The Kier molecular flexibility index (Phi) is 10.1. The van der Waals surface area contributed by atoms with Crippen molar-refractivity contribution < 1.29 is 4.79 Å². The average Bonchev–Trinajstić information content (AvgIpc) is 2.29. The second-order valence-corrected chi connectivity index (χ2v) is 5.02. The summed E-state index contributed by atoms with van der Waals surface area (Å²) in [5.41, 5.74) is 3.98. The summed E-state index contributed by atoms with van der Waals surface area (Å²) >= 11 is 3.44. The Morgan fingerprint density at radius 3 is 2.00 bits per heavy atom. The summed E-state index contributed by atoms with van der Waals surface area (Å²) in [4.78, 5) is 10.2. The third-order valence-electron chi connectivity index (χ3n) is 2.63. The van der Waals surface area contributed by atoms with Gasteiger partial charge in [0.15, 0.2) is 0 Å². The number of hydrogen-bond donors (Lipinski definition) is 0. The highest BCUT2D eigenvalue weighted by Crippen LogP contribution is 2.11. The van der Waals surface area contributed by atoms with Crippen molar-refractivity contribution in [3.05, 3.63) is 34.9 Å². The molecular weight excluding hydrogens is 276 g/mol. The molecule has 0 atom stereocenters. The first-order chi connectivity index (χ1) is 8.10. The number of carbonyl (C=O) groups excluding carboxylic acids is 1. The molecule has 0 aromatic carbocycles. The van der Waals surface area contributed by atoms with Crippen molar-refractivity contribution in [3.63, 3.8) is 0 Å². The van der Waals surface area contributed by atoms with E-state index in [0.717, 1.165) is 42.9 Å². The van der Waals surface area contributed by atoms with Gasteiger partial charge >= 0.3 is 0 Å². The van der Waals surface area contributed by atoms with Crippen LogP contribution in [0.25, 0.3) is 0 Å². The SMILES string of the molecule is C/C(=C\CC/C(C)=C/CC/C(C)=C/C=O)CBr. The highest BCUT2D eigenvalue weighted by molar-refractivity contribution is 9.09. The molecule has 0 heterocycles. The molecule has 0 spiro atoms. The van der Waals surface area contributed by atoms with Gasteiger partial charge in [0, 0.05) is 5.33 Å². The molecular formula is C15H23BrO. The third kappa shape index (κ3) is 10.3. The molecule has 0 aliphatic carbocycles. The molecule has 0 aromatic rings. The number of carbonyl (C=O) groups is 1. The summed E-state index contributed by atoms with van der Waals surface area (Å²) < 4.78 is 0. The predicted molar refractivity (Wildman–Crippen MR) is 79.6 cm³/mol. The Labute approximate surface area is 114 Å². The van der Waals surface area contributed by atoms with E-state index in [1.54, 1.807) is 6.08 Å². The first-order valence-electron chi connectivity index (χ1n) is 6.08. The fourth-order valence-corrected chi connectivity index (χ4v) is 1.68. The summed E-state index contributed by atoms with van der Waals surface area (Å²) in [5.74, 6) is 0. The lowest BCUT2D eigenvalue weighted by atomic mass is 10.1. The summed E-state index contributed by atoms with van der Waals surface area (Å²) in [6, 6.07) is 0. The molecule has 0 fully saturated rings. The van der Waals surface area contributed by atoms with Gasteiger partial charge < -0.3 is 0 Å². The van der Waals surface area contributed by atoms with Crippen LogP contribution in [0.1, 0.15) is 46.5 Å². The molecule has 0 unspecified atom stereocenters. The number of rotatable bonds is 8. The third-order valence-corrected chi connectivity index (χ3v) is 3.51. The van der Waals surface area contributed by atoms with Crippen LogP contribution in [0.4, 0.5) is 0 Å². The molecule has 0 bridgehead atoms. The van der Waals surface area contributed by atoms with Gasteiger partial charge in [-0.1, -0.05) is 44.8 Å². The minimum Gasteiger partial charge on any atom is -0.299 e. The molecule has 0 saturated heterocycles. The van der Waals surface area contributed by atoms with E-state index in [9.17, 15) is 4.79 Å². The van der Waals surface area contributed by atoms with Gasteiger partial charge in [0.05, 0.1) is 0 Å². The Hall–Kier alpha value is -0.630. The van der Waals surface area contributed by atoms with E-state index in [4.69, 9.17) is 0 Å². The Morgan fingerprint density at radius 1 is 0.941 bits per heavy atom. The molecule has 0 rings (SSSR count). The van der Waals surface area contributed by atoms with E-state index >= 15 is 0 Å². The lowest BCUT2D eigenvalue weighted by Crippen LogP contribution is -1.82. The fourth-order valence-electron chi connectivity index (χ4n) is 1.45. The van der Waals surface area contributed by atoms with Crippen LogP contribution in [0.2, 0.25) is 0 Å². The van der Waals surface area contributed by atoms with Gasteiger partial charge in [0.2, 0.25) is 0 Å². The lowest BCUT2D eigenvalue weighted by Gasteiger charge is -2.00. The molecule has 0 N–H and O–H groups in total. The van der Waals surface area contributed by atoms with Crippen molar-refractivity contribution >= 4 is 22.2 Å². The highest BCUT2D eigenvalue weighted by atomic mass is 79.9. The standard InChI is InChI=1S/C15H23BrO/c1-13(7-5-9-15(3)12-16)6-4-8-14(2)10-11-17/h6,9-11H,4-5,7-8,12H2,1-3H3/b13-6+,14-10+,15-9+. The van der Waals surface area contributed by atoms with E-state index in [1.165, 1.54) is 11.1 Å². The summed E-state index contributed by atoms with van der Waals surface area (Å²) in [6.07, 6.45) is 11.3. The van der Waals surface area contributed by atoms with Crippen molar-refractivity contribution in [2.75, 3.05) is 5.33 Å². The average molecular weight is 299 g/mol. The number of aldehydes is 1. The molecule has 96 valence electrons. The van der Waals surface area contributed by atoms with Crippen molar-refractivity contribution in [1.82, 2.24) is 0 Å². The van der Waals surface area contributed by atoms with Gasteiger partial charge in [-0.05, 0) is 52.5 Å². The van der Waals surface area contributed by atoms with Gasteiger partial charge in [0.1, 0.15) is 6.29 Å². The van der Waals surface area contributed by atoms with Crippen LogP contribution in [0, 0.1) is 0 Å². The molecule has 17 heavy (non-hydrogen) atoms. The predicted octanol–water partition coefficient (Wildman–Crippen LogP) is 4.98. The van der Waals surface area contributed by atoms with E-state index < -0.39 is 0 Å². The highest BCUT2D eigenvalue weighted by Gasteiger charge is 1.92. The fraction of sp³-hybridized carbons (Fsp3) is 0.533. The van der Waals surface area contributed by atoms with Crippen LogP contribution in [-0.2, 0) is 4.79 Å². The Morgan fingerprint density at radius 2 is 1.47 bits per heavy atom. The molecule has 2 heteroatoms. The van der Waals surface area contributed by atoms with Crippen molar-refractivity contribution in [1.29, 1.82) is 0 Å². The summed E-state index contributed by atoms with van der Waals surface area (Å²) in [6.45, 7) is 6.32. The maximum Gasteiger partial charge on any atom is 0.142 e. The molecule has 1 nitrogen and oxygen atoms in total. The van der Waals surface area contributed by atoms with E-state index in [1.807, 2.05) is 6.92 Å². The lowest BCUT2D eigenvalue weighted by molar-refractivity contribution is -0.104. The van der Waals surface area contributed by atoms with E-state index in [0.29, 0.717) is 0 Å². The first-order valence-corrected chi connectivity index (χ1v) is 7.20. The minimum atomic E-state index is 0.861. The Balaban J connectivity index is 3.87. The topological polar surface area (TPSA) is 17.1 Å². The summed E-state index contributed by atoms with van der Waals surface area (Å²) in [7, 11) is 0. The van der Waals surface area contributed by atoms with Crippen LogP contribution in [0.15, 0.2) is 34.9 Å². The van der Waals surface area contributed by atoms with Crippen LogP contribution < -0.4 is 0 Å². The van der Waals surface area contributed by atoms with Crippen molar-refractivity contribution in [2.24, 2.45) is 0 Å². The summed E-state index contributed by atoms with van der Waals surface area (Å²) in [5, 5.41) is 0.964. The van der Waals surface area contributed by atoms with Crippen LogP contribution >= 0.6 is 15.9 Å². The van der Waals surface area contributed by atoms with Gasteiger partial charge in [-0.25, -0.2) is 0 Å². The van der Waals surface area contributed by atoms with Gasteiger partial charge in [-0.2, -0.15) is 0 Å². The second-order valence-electron chi connectivity index (χ2n) is 4.46. The van der Waals surface area contributed by atoms with Crippen molar-refractivity contribution in [3.8, 4) is 0 Å². The largest absolute Gasteiger partial charge is 0.299 e.